The molecule has 1 atom stereocenters. The summed E-state index contributed by atoms with van der Waals surface area (Å²) in [5.74, 6) is 0.0476. The van der Waals surface area contributed by atoms with E-state index in [0.29, 0.717) is 27.8 Å². The van der Waals surface area contributed by atoms with Crippen LogP contribution in [-0.4, -0.2) is 36.1 Å². The number of carbonyl (C=O) groups excluding carboxylic acids is 3. The van der Waals surface area contributed by atoms with Gasteiger partial charge in [-0.05, 0) is 48.9 Å². The van der Waals surface area contributed by atoms with Crippen LogP contribution >= 0.6 is 11.6 Å². The van der Waals surface area contributed by atoms with Crippen molar-refractivity contribution in [3.8, 4) is 11.5 Å². The van der Waals surface area contributed by atoms with Crippen molar-refractivity contribution in [3.05, 3.63) is 53.1 Å². The second-order valence-corrected chi connectivity index (χ2v) is 7.01. The van der Waals surface area contributed by atoms with Crippen molar-refractivity contribution >= 4 is 35.1 Å². The Hall–Kier alpha value is -3.26. The van der Waals surface area contributed by atoms with E-state index in [9.17, 15) is 14.4 Å². The molecule has 1 saturated heterocycles. The summed E-state index contributed by atoms with van der Waals surface area (Å²) in [5, 5.41) is 5.82. The van der Waals surface area contributed by atoms with Crippen LogP contribution in [0.2, 0.25) is 5.02 Å². The average Bonchev–Trinajstić information content (AvgIpc) is 3.22. The molecule has 2 aliphatic rings. The number of imide groups is 1. The number of anilines is 1. The summed E-state index contributed by atoms with van der Waals surface area (Å²) in [5.41, 5.74) is -0.255. The maximum absolute atomic E-state index is 12.9. The number of rotatable bonds is 4. The zero-order valence-electron chi connectivity index (χ0n) is 14.8. The zero-order valence-corrected chi connectivity index (χ0v) is 15.6. The minimum atomic E-state index is -1.31. The molecule has 2 heterocycles. The summed E-state index contributed by atoms with van der Waals surface area (Å²) < 4.78 is 10.6. The Kier molecular flexibility index (Phi) is 4.35. The van der Waals surface area contributed by atoms with Gasteiger partial charge >= 0.3 is 6.03 Å². The number of carbonyl (C=O) groups is 3. The van der Waals surface area contributed by atoms with E-state index in [-0.39, 0.29) is 6.79 Å². The number of urea groups is 1. The highest BCUT2D eigenvalue weighted by Crippen LogP contribution is 2.37. The van der Waals surface area contributed by atoms with Crippen molar-refractivity contribution in [2.45, 2.75) is 12.5 Å². The Bertz CT molecular complexity index is 978. The second kappa shape index (κ2) is 6.72. The second-order valence-electron chi connectivity index (χ2n) is 6.57. The van der Waals surface area contributed by atoms with Crippen LogP contribution in [0.3, 0.4) is 0 Å². The number of nitrogens with one attached hydrogen (secondary N) is 2. The maximum atomic E-state index is 12.9. The van der Waals surface area contributed by atoms with Crippen LogP contribution in [0.25, 0.3) is 0 Å². The summed E-state index contributed by atoms with van der Waals surface area (Å²) in [6, 6.07) is 10.9. The van der Waals surface area contributed by atoms with Crippen LogP contribution in [0, 0.1) is 0 Å². The Morgan fingerprint density at radius 3 is 2.64 bits per heavy atom. The molecular weight excluding hydrogens is 386 g/mol. The summed E-state index contributed by atoms with van der Waals surface area (Å²) in [7, 11) is 0. The minimum absolute atomic E-state index is 0.104. The van der Waals surface area contributed by atoms with Crippen LogP contribution in [0.15, 0.2) is 42.5 Å². The molecule has 0 aliphatic carbocycles. The fourth-order valence-corrected chi connectivity index (χ4v) is 3.25. The molecule has 0 bridgehead atoms. The van der Waals surface area contributed by atoms with E-state index in [1.807, 2.05) is 0 Å². The molecule has 1 fully saturated rings. The van der Waals surface area contributed by atoms with E-state index < -0.39 is 29.9 Å². The molecule has 0 saturated carbocycles. The highest BCUT2D eigenvalue weighted by atomic mass is 35.5. The van der Waals surface area contributed by atoms with Gasteiger partial charge in [-0.15, -0.1) is 0 Å². The van der Waals surface area contributed by atoms with Crippen LogP contribution in [0.4, 0.5) is 10.5 Å². The normalized spacial score (nSPS) is 20.3. The molecule has 144 valence electrons. The summed E-state index contributed by atoms with van der Waals surface area (Å²) >= 11 is 5.81. The molecule has 2 N–H and O–H groups in total. The molecule has 2 aliphatic heterocycles. The minimum Gasteiger partial charge on any atom is -0.454 e. The molecule has 0 spiro atoms. The molecular formula is C19H16ClN3O5. The lowest BCUT2D eigenvalue weighted by atomic mass is 9.91. The zero-order chi connectivity index (χ0) is 19.9. The third kappa shape index (κ3) is 3.11. The quantitative estimate of drug-likeness (QED) is 0.767. The molecule has 0 radical (unpaired) electrons. The van der Waals surface area contributed by atoms with E-state index in [1.165, 1.54) is 0 Å². The first kappa shape index (κ1) is 18.1. The van der Waals surface area contributed by atoms with Crippen LogP contribution in [0.5, 0.6) is 11.5 Å². The van der Waals surface area contributed by atoms with Gasteiger partial charge in [-0.1, -0.05) is 17.7 Å². The lowest BCUT2D eigenvalue weighted by Crippen LogP contribution is -2.42. The highest BCUT2D eigenvalue weighted by Gasteiger charge is 2.49. The van der Waals surface area contributed by atoms with Gasteiger partial charge in [-0.25, -0.2) is 4.79 Å². The molecule has 0 unspecified atom stereocenters. The number of benzene rings is 2. The van der Waals surface area contributed by atoms with Crippen LogP contribution in [-0.2, 0) is 15.1 Å². The van der Waals surface area contributed by atoms with E-state index in [0.717, 1.165) is 4.90 Å². The molecule has 9 heteroatoms. The van der Waals surface area contributed by atoms with Gasteiger partial charge in [0, 0.05) is 10.7 Å². The van der Waals surface area contributed by atoms with Gasteiger partial charge in [-0.3, -0.25) is 14.5 Å². The SMILES string of the molecule is C[C@]1(c2ccc3c(c2)OCO3)NC(=O)N(CC(=O)Nc2ccc(Cl)cc2)C1=O. The Morgan fingerprint density at radius 1 is 1.18 bits per heavy atom. The van der Waals surface area contributed by atoms with Crippen LogP contribution in [0.1, 0.15) is 12.5 Å². The maximum Gasteiger partial charge on any atom is 0.325 e. The van der Waals surface area contributed by atoms with Gasteiger partial charge in [0.05, 0.1) is 0 Å². The fourth-order valence-electron chi connectivity index (χ4n) is 3.12. The van der Waals surface area contributed by atoms with Gasteiger partial charge in [0.25, 0.3) is 5.91 Å². The molecule has 0 aromatic heterocycles. The third-order valence-electron chi connectivity index (χ3n) is 4.65. The summed E-state index contributed by atoms with van der Waals surface area (Å²) in [6.45, 7) is 1.28. The van der Waals surface area contributed by atoms with Crippen molar-refractivity contribution in [3.63, 3.8) is 0 Å². The summed E-state index contributed by atoms with van der Waals surface area (Å²) in [4.78, 5) is 38.5. The fraction of sp³-hybridized carbons (Fsp3) is 0.211. The van der Waals surface area contributed by atoms with Crippen molar-refractivity contribution in [1.82, 2.24) is 10.2 Å². The number of hydrogen-bond donors (Lipinski definition) is 2. The lowest BCUT2D eigenvalue weighted by molar-refractivity contribution is -0.133. The molecule has 4 rings (SSSR count). The molecule has 2 aromatic carbocycles. The van der Waals surface area contributed by atoms with Gasteiger partial charge in [0.15, 0.2) is 11.5 Å². The van der Waals surface area contributed by atoms with Gasteiger partial charge in [-0.2, -0.15) is 0 Å². The predicted octanol–water partition coefficient (Wildman–Crippen LogP) is 2.47. The topological polar surface area (TPSA) is 97.0 Å². The molecule has 2 aromatic rings. The molecule has 28 heavy (non-hydrogen) atoms. The lowest BCUT2D eigenvalue weighted by Gasteiger charge is -2.22. The number of hydrogen-bond acceptors (Lipinski definition) is 5. The Morgan fingerprint density at radius 2 is 1.89 bits per heavy atom. The van der Waals surface area contributed by atoms with Crippen LogP contribution < -0.4 is 20.1 Å². The largest absolute Gasteiger partial charge is 0.454 e. The first-order valence-corrected chi connectivity index (χ1v) is 8.84. The van der Waals surface area contributed by atoms with E-state index in [4.69, 9.17) is 21.1 Å². The van der Waals surface area contributed by atoms with Gasteiger partial charge in [0.2, 0.25) is 12.7 Å². The van der Waals surface area contributed by atoms with Crippen molar-refractivity contribution < 1.29 is 23.9 Å². The van der Waals surface area contributed by atoms with Crippen molar-refractivity contribution in [2.24, 2.45) is 0 Å². The standard InChI is InChI=1S/C19H16ClN3O5/c1-19(11-2-7-14-15(8-11)28-10-27-14)17(25)23(18(26)22-19)9-16(24)21-13-5-3-12(20)4-6-13/h2-8H,9-10H2,1H3,(H,21,24)(H,22,26)/t19-/m1/s1. The number of ether oxygens (including phenoxy) is 2. The first-order chi connectivity index (χ1) is 13.4. The molecule has 4 amide bonds. The Balaban J connectivity index is 1.50. The van der Waals surface area contributed by atoms with Gasteiger partial charge < -0.3 is 20.1 Å². The number of amides is 4. The predicted molar refractivity (Wildman–Crippen MR) is 100 cm³/mol. The van der Waals surface area contributed by atoms with E-state index in [2.05, 4.69) is 10.6 Å². The summed E-state index contributed by atoms with van der Waals surface area (Å²) in [6.07, 6.45) is 0. The van der Waals surface area contributed by atoms with Crippen molar-refractivity contribution in [2.75, 3.05) is 18.7 Å². The molecule has 8 nitrogen and oxygen atoms in total. The smallest absolute Gasteiger partial charge is 0.325 e. The van der Waals surface area contributed by atoms with Crippen molar-refractivity contribution in [1.29, 1.82) is 0 Å². The van der Waals surface area contributed by atoms with Gasteiger partial charge in [0.1, 0.15) is 12.1 Å². The average molecular weight is 402 g/mol. The monoisotopic (exact) mass is 401 g/mol. The van der Waals surface area contributed by atoms with E-state index in [1.54, 1.807) is 49.4 Å². The number of nitrogens with zero attached hydrogens (tertiary/aromatic N) is 1. The first-order valence-electron chi connectivity index (χ1n) is 8.46. The highest BCUT2D eigenvalue weighted by molar-refractivity contribution is 6.30. The number of halogens is 1. The Labute approximate surface area is 165 Å². The number of fused-ring (bicyclic) bond motifs is 1. The third-order valence-corrected chi connectivity index (χ3v) is 4.91. The van der Waals surface area contributed by atoms with E-state index >= 15 is 0 Å².